The number of aromatic nitrogens is 3. The molecule has 0 saturated carbocycles. The SMILES string of the molecule is CCCS(=O)(=O)c1ccccc1-n1cnc(N)n1. The fourth-order valence-corrected chi connectivity index (χ4v) is 3.20. The van der Waals surface area contributed by atoms with Crippen LogP contribution in [0.3, 0.4) is 0 Å². The largest absolute Gasteiger partial charge is 0.366 e. The Morgan fingerprint density at radius 2 is 2.06 bits per heavy atom. The molecule has 0 amide bonds. The molecule has 2 rings (SSSR count). The van der Waals surface area contributed by atoms with E-state index in [0.717, 1.165) is 0 Å². The summed E-state index contributed by atoms with van der Waals surface area (Å²) < 4.78 is 25.7. The van der Waals surface area contributed by atoms with Crippen molar-refractivity contribution in [3.63, 3.8) is 0 Å². The molecule has 0 aliphatic rings. The van der Waals surface area contributed by atoms with E-state index in [-0.39, 0.29) is 16.6 Å². The van der Waals surface area contributed by atoms with Crippen LogP contribution in [-0.4, -0.2) is 28.9 Å². The van der Waals surface area contributed by atoms with Crippen molar-refractivity contribution in [2.45, 2.75) is 18.2 Å². The van der Waals surface area contributed by atoms with Crippen LogP contribution in [0.5, 0.6) is 0 Å². The average molecular weight is 266 g/mol. The van der Waals surface area contributed by atoms with Gasteiger partial charge in [0.2, 0.25) is 5.95 Å². The van der Waals surface area contributed by atoms with E-state index in [1.807, 2.05) is 6.92 Å². The maximum atomic E-state index is 12.1. The molecule has 2 aromatic rings. The van der Waals surface area contributed by atoms with Crippen LogP contribution in [0.25, 0.3) is 5.69 Å². The first-order valence-electron chi connectivity index (χ1n) is 5.54. The quantitative estimate of drug-likeness (QED) is 0.892. The van der Waals surface area contributed by atoms with Gasteiger partial charge in [-0.05, 0) is 18.6 Å². The summed E-state index contributed by atoms with van der Waals surface area (Å²) in [4.78, 5) is 4.04. The van der Waals surface area contributed by atoms with Gasteiger partial charge in [-0.15, -0.1) is 5.10 Å². The van der Waals surface area contributed by atoms with Crippen molar-refractivity contribution in [2.75, 3.05) is 11.5 Å². The van der Waals surface area contributed by atoms with Gasteiger partial charge in [-0.2, -0.15) is 0 Å². The molecule has 18 heavy (non-hydrogen) atoms. The average Bonchev–Trinajstić information content (AvgIpc) is 2.76. The van der Waals surface area contributed by atoms with Gasteiger partial charge < -0.3 is 5.73 Å². The van der Waals surface area contributed by atoms with Gasteiger partial charge in [0, 0.05) is 0 Å². The number of anilines is 1. The first kappa shape index (κ1) is 12.6. The van der Waals surface area contributed by atoms with Gasteiger partial charge >= 0.3 is 0 Å². The molecule has 0 aliphatic carbocycles. The molecule has 2 N–H and O–H groups in total. The number of hydrogen-bond acceptors (Lipinski definition) is 5. The van der Waals surface area contributed by atoms with Gasteiger partial charge in [0.15, 0.2) is 9.84 Å². The van der Waals surface area contributed by atoms with Crippen molar-refractivity contribution in [1.82, 2.24) is 14.8 Å². The molecule has 0 saturated heterocycles. The van der Waals surface area contributed by atoms with Crippen molar-refractivity contribution in [3.05, 3.63) is 30.6 Å². The molecule has 1 aromatic heterocycles. The Hall–Kier alpha value is -1.89. The molecule has 96 valence electrons. The molecule has 0 atom stereocenters. The highest BCUT2D eigenvalue weighted by molar-refractivity contribution is 7.91. The number of rotatable bonds is 4. The summed E-state index contributed by atoms with van der Waals surface area (Å²) in [6.07, 6.45) is 1.96. The van der Waals surface area contributed by atoms with E-state index in [2.05, 4.69) is 10.1 Å². The summed E-state index contributed by atoms with van der Waals surface area (Å²) >= 11 is 0. The van der Waals surface area contributed by atoms with E-state index >= 15 is 0 Å². The van der Waals surface area contributed by atoms with Crippen LogP contribution in [0.4, 0.5) is 5.95 Å². The van der Waals surface area contributed by atoms with Crippen LogP contribution in [0.2, 0.25) is 0 Å². The molecule has 1 heterocycles. The molecule has 0 aliphatic heterocycles. The Labute approximate surface area is 105 Å². The third kappa shape index (κ3) is 2.35. The zero-order chi connectivity index (χ0) is 13.2. The van der Waals surface area contributed by atoms with Crippen LogP contribution in [-0.2, 0) is 9.84 Å². The fraction of sp³-hybridized carbons (Fsp3) is 0.273. The summed E-state index contributed by atoms with van der Waals surface area (Å²) in [6.45, 7) is 1.83. The number of nitrogens with zero attached hydrogens (tertiary/aromatic N) is 3. The van der Waals surface area contributed by atoms with Crippen molar-refractivity contribution >= 4 is 15.8 Å². The van der Waals surface area contributed by atoms with Crippen molar-refractivity contribution in [1.29, 1.82) is 0 Å². The standard InChI is InChI=1S/C11H14N4O2S/c1-2-7-18(16,17)10-6-4-3-5-9(10)15-8-13-11(12)14-15/h3-6,8H,2,7H2,1H3,(H2,12,14). The summed E-state index contributed by atoms with van der Waals surface area (Å²) in [5, 5.41) is 3.93. The maximum Gasteiger partial charge on any atom is 0.239 e. The molecular weight excluding hydrogens is 252 g/mol. The highest BCUT2D eigenvalue weighted by atomic mass is 32.2. The predicted octanol–water partition coefficient (Wildman–Crippen LogP) is 1.03. The Kier molecular flexibility index (Phi) is 3.33. The molecule has 0 spiro atoms. The Morgan fingerprint density at radius 1 is 1.33 bits per heavy atom. The number of para-hydroxylation sites is 1. The van der Waals surface area contributed by atoms with Crippen LogP contribution in [0, 0.1) is 0 Å². The second-order valence-electron chi connectivity index (χ2n) is 3.83. The molecule has 0 radical (unpaired) electrons. The van der Waals surface area contributed by atoms with Gasteiger partial charge in [-0.1, -0.05) is 19.1 Å². The lowest BCUT2D eigenvalue weighted by molar-refractivity contribution is 0.593. The highest BCUT2D eigenvalue weighted by Gasteiger charge is 2.18. The van der Waals surface area contributed by atoms with Crippen molar-refractivity contribution < 1.29 is 8.42 Å². The minimum Gasteiger partial charge on any atom is -0.366 e. The lowest BCUT2D eigenvalue weighted by Crippen LogP contribution is -2.10. The highest BCUT2D eigenvalue weighted by Crippen LogP contribution is 2.20. The van der Waals surface area contributed by atoms with Gasteiger partial charge in [0.1, 0.15) is 6.33 Å². The number of nitrogens with two attached hydrogens (primary N) is 1. The summed E-state index contributed by atoms with van der Waals surface area (Å²) in [7, 11) is -3.31. The van der Waals surface area contributed by atoms with Gasteiger partial charge in [-0.25, -0.2) is 18.1 Å². The monoisotopic (exact) mass is 266 g/mol. The Bertz CT molecular complexity index is 649. The summed E-state index contributed by atoms with van der Waals surface area (Å²) in [5.74, 6) is 0.214. The topological polar surface area (TPSA) is 90.9 Å². The second kappa shape index (κ2) is 4.77. The van der Waals surface area contributed by atoms with Crippen LogP contribution in [0.15, 0.2) is 35.5 Å². The first-order chi connectivity index (χ1) is 8.54. The minimum absolute atomic E-state index is 0.105. The lowest BCUT2D eigenvalue weighted by Gasteiger charge is -2.08. The third-order valence-electron chi connectivity index (χ3n) is 2.43. The zero-order valence-electron chi connectivity index (χ0n) is 9.94. The van der Waals surface area contributed by atoms with E-state index in [9.17, 15) is 8.42 Å². The third-order valence-corrected chi connectivity index (χ3v) is 4.39. The smallest absolute Gasteiger partial charge is 0.239 e. The number of hydrogen-bond donors (Lipinski definition) is 1. The first-order valence-corrected chi connectivity index (χ1v) is 7.19. The van der Waals surface area contributed by atoms with E-state index in [4.69, 9.17) is 5.73 Å². The lowest BCUT2D eigenvalue weighted by atomic mass is 10.3. The van der Waals surface area contributed by atoms with E-state index in [1.165, 1.54) is 11.0 Å². The minimum atomic E-state index is -3.31. The Morgan fingerprint density at radius 3 is 2.67 bits per heavy atom. The summed E-state index contributed by atoms with van der Waals surface area (Å²) in [6, 6.07) is 6.68. The molecule has 0 bridgehead atoms. The van der Waals surface area contributed by atoms with Gasteiger partial charge in [0.25, 0.3) is 0 Å². The number of sulfone groups is 1. The Balaban J connectivity index is 2.57. The summed E-state index contributed by atoms with van der Waals surface area (Å²) in [5.41, 5.74) is 5.91. The van der Waals surface area contributed by atoms with Crippen molar-refractivity contribution in [2.24, 2.45) is 0 Å². The molecular formula is C11H14N4O2S. The van der Waals surface area contributed by atoms with E-state index in [1.54, 1.807) is 24.3 Å². The van der Waals surface area contributed by atoms with Gasteiger partial charge in [0.05, 0.1) is 16.3 Å². The fourth-order valence-electron chi connectivity index (χ4n) is 1.68. The normalized spacial score (nSPS) is 11.6. The van der Waals surface area contributed by atoms with Crippen LogP contribution >= 0.6 is 0 Å². The molecule has 0 fully saturated rings. The van der Waals surface area contributed by atoms with Gasteiger partial charge in [-0.3, -0.25) is 0 Å². The van der Waals surface area contributed by atoms with Crippen LogP contribution < -0.4 is 5.73 Å². The maximum absolute atomic E-state index is 12.1. The molecule has 6 nitrogen and oxygen atoms in total. The van der Waals surface area contributed by atoms with E-state index in [0.29, 0.717) is 12.1 Å². The molecule has 7 heteroatoms. The molecule has 1 aromatic carbocycles. The number of benzene rings is 1. The van der Waals surface area contributed by atoms with E-state index < -0.39 is 9.84 Å². The zero-order valence-corrected chi connectivity index (χ0v) is 10.8. The molecule has 0 unspecified atom stereocenters. The van der Waals surface area contributed by atoms with Crippen LogP contribution in [0.1, 0.15) is 13.3 Å². The predicted molar refractivity (Wildman–Crippen MR) is 68.1 cm³/mol. The van der Waals surface area contributed by atoms with Crippen molar-refractivity contribution in [3.8, 4) is 5.69 Å². The second-order valence-corrected chi connectivity index (χ2v) is 5.91. The number of nitrogen functional groups attached to an aromatic ring is 1.